The molecule has 0 spiro atoms. The molecule has 4 aromatic rings. The van der Waals surface area contributed by atoms with E-state index in [0.717, 1.165) is 35.1 Å². The van der Waals surface area contributed by atoms with Gasteiger partial charge in [-0.05, 0) is 47.9 Å². The van der Waals surface area contributed by atoms with Gasteiger partial charge in [-0.25, -0.2) is 0 Å². The first-order chi connectivity index (χ1) is 29.6. The fourth-order valence-corrected chi connectivity index (χ4v) is 7.95. The molecule has 0 aliphatic carbocycles. The van der Waals surface area contributed by atoms with Crippen molar-refractivity contribution < 1.29 is 28.8 Å². The first-order valence-corrected chi connectivity index (χ1v) is 22.9. The topological polar surface area (TPSA) is 92.4 Å². The van der Waals surface area contributed by atoms with Gasteiger partial charge in [-0.3, -0.25) is 0 Å². The molecule has 7 atom stereocenters. The van der Waals surface area contributed by atoms with Crippen LogP contribution in [0.25, 0.3) is 0 Å². The van der Waals surface area contributed by atoms with E-state index in [2.05, 4.69) is 61.5 Å². The Labute approximate surface area is 361 Å². The number of unbranched alkanes of at least 4 members (excludes halogenated alkanes) is 11. The second kappa shape index (κ2) is 28.8. The highest BCUT2D eigenvalue weighted by molar-refractivity contribution is 5.16. The molecule has 326 valence electrons. The number of allylic oxidation sites excluding steroid dienone is 1. The van der Waals surface area contributed by atoms with Crippen LogP contribution < -0.4 is 5.73 Å². The van der Waals surface area contributed by atoms with Crippen LogP contribution in [-0.4, -0.2) is 54.4 Å². The maximum atomic E-state index is 11.2. The maximum absolute atomic E-state index is 11.2. The van der Waals surface area contributed by atoms with Crippen LogP contribution in [0.5, 0.6) is 0 Å². The number of aliphatic hydroxyl groups is 1. The van der Waals surface area contributed by atoms with Crippen molar-refractivity contribution >= 4 is 0 Å². The van der Waals surface area contributed by atoms with Gasteiger partial charge < -0.3 is 34.5 Å². The van der Waals surface area contributed by atoms with Crippen LogP contribution in [0.4, 0.5) is 0 Å². The quantitative estimate of drug-likeness (QED) is 0.0400. The van der Waals surface area contributed by atoms with Crippen LogP contribution in [0, 0.1) is 0 Å². The van der Waals surface area contributed by atoms with Gasteiger partial charge in [0.25, 0.3) is 0 Å². The van der Waals surface area contributed by atoms with E-state index in [-0.39, 0.29) is 0 Å². The van der Waals surface area contributed by atoms with E-state index < -0.39 is 42.7 Å². The van der Waals surface area contributed by atoms with Crippen LogP contribution in [0.3, 0.4) is 0 Å². The Kier molecular flexibility index (Phi) is 22.7. The lowest BCUT2D eigenvalue weighted by atomic mass is 9.90. The van der Waals surface area contributed by atoms with Gasteiger partial charge in [0.2, 0.25) is 0 Å². The van der Waals surface area contributed by atoms with Crippen LogP contribution in [0.2, 0.25) is 0 Å². The fourth-order valence-electron chi connectivity index (χ4n) is 7.95. The molecule has 4 aromatic carbocycles. The Morgan fingerprint density at radius 2 is 0.967 bits per heavy atom. The molecule has 1 saturated heterocycles. The molecule has 7 heteroatoms. The SMILES string of the molecule is CCCCCCCCCCCCC/C=C/[C@@H](O)[C@@H](N)CC[C@@H]1O[C@H](COCc2ccccc2)[C@H](OCc2ccccc2)[C@H](OCc2ccccc2)[C@H]1OCc1ccccc1. The number of hydrogen-bond donors (Lipinski definition) is 2. The van der Waals surface area contributed by atoms with Crippen molar-refractivity contribution in [2.24, 2.45) is 5.73 Å². The van der Waals surface area contributed by atoms with E-state index in [1.54, 1.807) is 0 Å². The van der Waals surface area contributed by atoms with Crippen molar-refractivity contribution in [3.63, 3.8) is 0 Å². The van der Waals surface area contributed by atoms with Crippen LogP contribution >= 0.6 is 0 Å². The molecule has 0 amide bonds. The Bertz CT molecular complexity index is 1660. The second-order valence-electron chi connectivity index (χ2n) is 16.5. The number of rotatable bonds is 30. The van der Waals surface area contributed by atoms with Gasteiger partial charge in [0.1, 0.15) is 24.4 Å². The summed E-state index contributed by atoms with van der Waals surface area (Å²) in [6, 6.07) is 40.3. The number of aliphatic hydroxyl groups excluding tert-OH is 1. The molecular weight excluding hydrogens is 747 g/mol. The van der Waals surface area contributed by atoms with E-state index in [1.807, 2.05) is 78.9 Å². The van der Waals surface area contributed by atoms with Crippen molar-refractivity contribution in [3.05, 3.63) is 156 Å². The zero-order valence-corrected chi connectivity index (χ0v) is 36.2. The minimum atomic E-state index is -0.748. The Morgan fingerprint density at radius 1 is 0.550 bits per heavy atom. The second-order valence-corrected chi connectivity index (χ2v) is 16.5. The lowest BCUT2D eigenvalue weighted by Gasteiger charge is -2.46. The highest BCUT2D eigenvalue weighted by atomic mass is 16.6. The summed E-state index contributed by atoms with van der Waals surface area (Å²) < 4.78 is 33.9. The fraction of sp³-hybridized carbons (Fsp3) is 0.509. The number of nitrogens with two attached hydrogens (primary N) is 1. The lowest BCUT2D eigenvalue weighted by Crippen LogP contribution is -2.61. The van der Waals surface area contributed by atoms with Crippen molar-refractivity contribution in [3.8, 4) is 0 Å². The molecule has 3 N–H and O–H groups in total. The zero-order chi connectivity index (χ0) is 41.9. The van der Waals surface area contributed by atoms with Gasteiger partial charge in [-0.15, -0.1) is 0 Å². The van der Waals surface area contributed by atoms with Gasteiger partial charge in [0.15, 0.2) is 0 Å². The van der Waals surface area contributed by atoms with Crippen molar-refractivity contribution in [1.82, 2.24) is 0 Å². The van der Waals surface area contributed by atoms with E-state index >= 15 is 0 Å². The zero-order valence-electron chi connectivity index (χ0n) is 36.2. The average Bonchev–Trinajstić information content (AvgIpc) is 3.29. The third kappa shape index (κ3) is 17.7. The third-order valence-electron chi connectivity index (χ3n) is 11.5. The van der Waals surface area contributed by atoms with Gasteiger partial charge in [-0.2, -0.15) is 0 Å². The molecule has 0 unspecified atom stereocenters. The summed E-state index contributed by atoms with van der Waals surface area (Å²) in [5, 5.41) is 11.2. The highest BCUT2D eigenvalue weighted by Crippen LogP contribution is 2.33. The number of hydrogen-bond acceptors (Lipinski definition) is 7. The average molecular weight is 820 g/mol. The molecule has 1 aliphatic rings. The van der Waals surface area contributed by atoms with Crippen LogP contribution in [0.1, 0.15) is 119 Å². The van der Waals surface area contributed by atoms with E-state index in [9.17, 15) is 5.11 Å². The van der Waals surface area contributed by atoms with Gasteiger partial charge in [0.05, 0.1) is 45.2 Å². The summed E-state index contributed by atoms with van der Waals surface area (Å²) in [5.74, 6) is 0. The minimum absolute atomic E-state index is 0.303. The summed E-state index contributed by atoms with van der Waals surface area (Å²) in [6.45, 7) is 4.17. The normalized spacial score (nSPS) is 20.4. The summed E-state index contributed by atoms with van der Waals surface area (Å²) in [7, 11) is 0. The highest BCUT2D eigenvalue weighted by Gasteiger charge is 2.48. The van der Waals surface area contributed by atoms with Gasteiger partial charge in [-0.1, -0.05) is 205 Å². The maximum Gasteiger partial charge on any atom is 0.115 e. The Hall–Kier alpha value is -3.66. The molecule has 1 heterocycles. The van der Waals surface area contributed by atoms with E-state index in [4.69, 9.17) is 29.4 Å². The van der Waals surface area contributed by atoms with E-state index in [1.165, 1.54) is 64.2 Å². The molecule has 60 heavy (non-hydrogen) atoms. The molecule has 0 bridgehead atoms. The number of benzene rings is 4. The van der Waals surface area contributed by atoms with Gasteiger partial charge in [0, 0.05) is 6.04 Å². The summed E-state index contributed by atoms with van der Waals surface area (Å²) in [4.78, 5) is 0. The van der Waals surface area contributed by atoms with Crippen molar-refractivity contribution in [1.29, 1.82) is 0 Å². The summed E-state index contributed by atoms with van der Waals surface area (Å²) >= 11 is 0. The molecule has 5 rings (SSSR count). The first-order valence-electron chi connectivity index (χ1n) is 22.9. The predicted octanol–water partition coefficient (Wildman–Crippen LogP) is 11.5. The Balaban J connectivity index is 1.25. The summed E-state index contributed by atoms with van der Waals surface area (Å²) in [5.41, 5.74) is 11.0. The smallest absolute Gasteiger partial charge is 0.115 e. The van der Waals surface area contributed by atoms with Crippen LogP contribution in [-0.2, 0) is 50.1 Å². The number of ether oxygens (including phenoxy) is 5. The largest absolute Gasteiger partial charge is 0.387 e. The monoisotopic (exact) mass is 820 g/mol. The molecule has 0 saturated carbocycles. The first kappa shape index (κ1) is 47.4. The molecule has 0 radical (unpaired) electrons. The molecule has 1 aliphatic heterocycles. The van der Waals surface area contributed by atoms with Crippen molar-refractivity contribution in [2.45, 2.75) is 166 Å². The summed E-state index contributed by atoms with van der Waals surface area (Å²) in [6.07, 6.45) is 17.5. The predicted molar refractivity (Wildman–Crippen MR) is 243 cm³/mol. The lowest BCUT2D eigenvalue weighted by molar-refractivity contribution is -0.273. The van der Waals surface area contributed by atoms with Crippen molar-refractivity contribution in [2.75, 3.05) is 6.61 Å². The van der Waals surface area contributed by atoms with E-state index in [0.29, 0.717) is 45.9 Å². The standard InChI is InChI=1S/C53H73NO6/c1-2-3-4-5-6-7-8-9-10-11-12-13-26-35-48(55)47(54)36-37-49-51(57-39-44-29-20-15-21-30-44)53(59-41-46-33-24-17-25-34-46)52(58-40-45-31-22-16-23-32-45)50(60-49)42-56-38-43-27-18-14-19-28-43/h14-35,47-53,55H,2-13,36-42,54H2,1H3/b35-26+/t47-,48+,49-,50+,51-,52-,53+/m0/s1. The molecule has 1 fully saturated rings. The molecular formula is C53H73NO6. The minimum Gasteiger partial charge on any atom is -0.387 e. The van der Waals surface area contributed by atoms with Gasteiger partial charge >= 0.3 is 0 Å². The molecule has 7 nitrogen and oxygen atoms in total. The Morgan fingerprint density at radius 3 is 1.45 bits per heavy atom. The molecule has 0 aromatic heterocycles. The van der Waals surface area contributed by atoms with Crippen LogP contribution in [0.15, 0.2) is 133 Å². The third-order valence-corrected chi connectivity index (χ3v) is 11.5.